The van der Waals surface area contributed by atoms with Gasteiger partial charge in [0, 0.05) is 12.1 Å². The molecular weight excluding hydrogens is 394 g/mol. The van der Waals surface area contributed by atoms with Crippen LogP contribution >= 0.6 is 23.2 Å². The molecule has 136 valence electrons. The molecule has 0 spiro atoms. The molecule has 2 aromatic carbocycles. The number of nitriles is 1. The van der Waals surface area contributed by atoms with Crippen molar-refractivity contribution in [2.45, 2.75) is 6.54 Å². The van der Waals surface area contributed by atoms with E-state index in [0.717, 1.165) is 0 Å². The molecular formula is C18H11Cl2FN4O2. The lowest BCUT2D eigenvalue weighted by molar-refractivity contribution is 0.0946. The summed E-state index contributed by atoms with van der Waals surface area (Å²) in [5, 5.41) is 11.6. The number of aromatic amines is 1. The number of carbonyl (C=O) groups is 1. The van der Waals surface area contributed by atoms with Gasteiger partial charge < -0.3 is 15.0 Å². The summed E-state index contributed by atoms with van der Waals surface area (Å²) in [6.07, 6.45) is 1.28. The average Bonchev–Trinajstić information content (AvgIpc) is 3.10. The normalized spacial score (nSPS) is 10.3. The highest BCUT2D eigenvalue weighted by molar-refractivity contribution is 6.32. The standard InChI is InChI=1S/C18H11Cl2FN4O2/c19-13-5-4-11(8-23-18(26)15-17(20)25-9-24-15)14(21)16(13)27-12-3-1-2-10(6-12)7-22/h1-6,9H,8H2,(H,23,26)(H,24,25). The molecule has 0 bridgehead atoms. The van der Waals surface area contributed by atoms with Crippen molar-refractivity contribution < 1.29 is 13.9 Å². The summed E-state index contributed by atoms with van der Waals surface area (Å²) >= 11 is 11.8. The van der Waals surface area contributed by atoms with E-state index in [0.29, 0.717) is 5.56 Å². The summed E-state index contributed by atoms with van der Waals surface area (Å²) in [6, 6.07) is 11.1. The van der Waals surface area contributed by atoms with Gasteiger partial charge in [0.05, 0.1) is 23.0 Å². The third-order valence-electron chi connectivity index (χ3n) is 3.56. The molecule has 3 rings (SSSR count). The highest BCUT2D eigenvalue weighted by Crippen LogP contribution is 2.34. The highest BCUT2D eigenvalue weighted by Gasteiger charge is 2.17. The second kappa shape index (κ2) is 8.08. The van der Waals surface area contributed by atoms with Crippen molar-refractivity contribution in [3.63, 3.8) is 0 Å². The van der Waals surface area contributed by atoms with Gasteiger partial charge in [0.2, 0.25) is 0 Å². The Morgan fingerprint density at radius 3 is 2.85 bits per heavy atom. The third kappa shape index (κ3) is 4.19. The maximum atomic E-state index is 14.8. The molecule has 0 aliphatic rings. The number of benzene rings is 2. The third-order valence-corrected chi connectivity index (χ3v) is 4.15. The van der Waals surface area contributed by atoms with Crippen LogP contribution < -0.4 is 10.1 Å². The predicted molar refractivity (Wildman–Crippen MR) is 97.4 cm³/mol. The van der Waals surface area contributed by atoms with E-state index in [9.17, 15) is 9.18 Å². The molecule has 2 N–H and O–H groups in total. The Morgan fingerprint density at radius 1 is 1.33 bits per heavy atom. The Balaban J connectivity index is 1.80. The number of amides is 1. The summed E-state index contributed by atoms with van der Waals surface area (Å²) < 4.78 is 20.3. The number of nitrogens with zero attached hydrogens (tertiary/aromatic N) is 2. The second-order valence-corrected chi connectivity index (χ2v) is 6.12. The zero-order valence-electron chi connectivity index (χ0n) is 13.6. The SMILES string of the molecule is N#Cc1cccc(Oc2c(Cl)ccc(CNC(=O)c3nc[nH]c3Cl)c2F)c1. The molecule has 0 radical (unpaired) electrons. The number of aromatic nitrogens is 2. The maximum absolute atomic E-state index is 14.8. The van der Waals surface area contributed by atoms with Crippen LogP contribution in [0.1, 0.15) is 21.6 Å². The fourth-order valence-electron chi connectivity index (χ4n) is 2.25. The van der Waals surface area contributed by atoms with Crippen LogP contribution in [-0.2, 0) is 6.54 Å². The van der Waals surface area contributed by atoms with E-state index in [-0.39, 0.29) is 39.5 Å². The Hall–Kier alpha value is -3.08. The van der Waals surface area contributed by atoms with Crippen molar-refractivity contribution in [2.75, 3.05) is 0 Å². The molecule has 1 heterocycles. The summed E-state index contributed by atoms with van der Waals surface area (Å²) in [6.45, 7) is -0.125. The number of H-pyrrole nitrogens is 1. The van der Waals surface area contributed by atoms with E-state index in [1.807, 2.05) is 6.07 Å². The van der Waals surface area contributed by atoms with Crippen LogP contribution in [0.25, 0.3) is 0 Å². The van der Waals surface area contributed by atoms with Crippen molar-refractivity contribution in [3.05, 3.63) is 75.5 Å². The Bertz CT molecular complexity index is 1050. The van der Waals surface area contributed by atoms with E-state index < -0.39 is 11.7 Å². The molecule has 0 aliphatic carbocycles. The first-order valence-electron chi connectivity index (χ1n) is 7.61. The van der Waals surface area contributed by atoms with Gasteiger partial charge in [-0.1, -0.05) is 35.3 Å². The molecule has 0 aliphatic heterocycles. The highest BCUT2D eigenvalue weighted by atomic mass is 35.5. The molecule has 0 atom stereocenters. The Kier molecular flexibility index (Phi) is 5.60. The van der Waals surface area contributed by atoms with Crippen molar-refractivity contribution in [1.29, 1.82) is 5.26 Å². The fraction of sp³-hybridized carbons (Fsp3) is 0.0556. The molecule has 0 saturated carbocycles. The number of ether oxygens (including phenoxy) is 1. The number of hydrogen-bond donors (Lipinski definition) is 2. The molecule has 0 fully saturated rings. The van der Waals surface area contributed by atoms with Gasteiger partial charge in [0.25, 0.3) is 5.91 Å². The smallest absolute Gasteiger partial charge is 0.273 e. The second-order valence-electron chi connectivity index (χ2n) is 5.34. The van der Waals surface area contributed by atoms with Crippen LogP contribution in [-0.4, -0.2) is 15.9 Å². The van der Waals surface area contributed by atoms with E-state index in [1.165, 1.54) is 24.5 Å². The number of nitrogens with one attached hydrogen (secondary N) is 2. The molecule has 6 nitrogen and oxygen atoms in total. The van der Waals surface area contributed by atoms with Gasteiger partial charge in [0.15, 0.2) is 17.3 Å². The van der Waals surface area contributed by atoms with Crippen molar-refractivity contribution >= 4 is 29.1 Å². The Labute approximate surface area is 163 Å². The molecule has 27 heavy (non-hydrogen) atoms. The van der Waals surface area contributed by atoms with Crippen molar-refractivity contribution in [1.82, 2.24) is 15.3 Å². The first-order valence-corrected chi connectivity index (χ1v) is 8.37. The lowest BCUT2D eigenvalue weighted by atomic mass is 10.2. The lowest BCUT2D eigenvalue weighted by Crippen LogP contribution is -2.24. The Morgan fingerprint density at radius 2 is 2.15 bits per heavy atom. The van der Waals surface area contributed by atoms with E-state index in [1.54, 1.807) is 18.2 Å². The van der Waals surface area contributed by atoms with Crippen molar-refractivity contribution in [2.24, 2.45) is 0 Å². The van der Waals surface area contributed by atoms with E-state index in [2.05, 4.69) is 15.3 Å². The number of hydrogen-bond acceptors (Lipinski definition) is 4. The van der Waals surface area contributed by atoms with Crippen LogP contribution in [0, 0.1) is 17.1 Å². The van der Waals surface area contributed by atoms with Gasteiger partial charge >= 0.3 is 0 Å². The minimum absolute atomic E-state index is 0.0100. The minimum atomic E-state index is -0.724. The molecule has 0 saturated heterocycles. The maximum Gasteiger partial charge on any atom is 0.273 e. The summed E-state index contributed by atoms with van der Waals surface area (Å²) in [4.78, 5) is 18.4. The quantitative estimate of drug-likeness (QED) is 0.656. The predicted octanol–water partition coefficient (Wildman–Crippen LogP) is 4.45. The summed E-state index contributed by atoms with van der Waals surface area (Å²) in [5.74, 6) is -1.21. The zero-order valence-corrected chi connectivity index (χ0v) is 15.1. The van der Waals surface area contributed by atoms with Gasteiger partial charge in [-0.15, -0.1) is 0 Å². The van der Waals surface area contributed by atoms with Crippen LogP contribution in [0.5, 0.6) is 11.5 Å². The van der Waals surface area contributed by atoms with Crippen LogP contribution in [0.15, 0.2) is 42.7 Å². The van der Waals surface area contributed by atoms with Crippen molar-refractivity contribution in [3.8, 4) is 17.6 Å². The zero-order chi connectivity index (χ0) is 19.4. The number of carbonyl (C=O) groups excluding carboxylic acids is 1. The first kappa shape index (κ1) is 18.7. The van der Waals surface area contributed by atoms with Gasteiger partial charge in [0.1, 0.15) is 10.9 Å². The van der Waals surface area contributed by atoms with E-state index >= 15 is 0 Å². The fourth-order valence-corrected chi connectivity index (χ4v) is 2.61. The van der Waals surface area contributed by atoms with Gasteiger partial charge in [-0.2, -0.15) is 5.26 Å². The average molecular weight is 405 g/mol. The minimum Gasteiger partial charge on any atom is -0.453 e. The number of rotatable bonds is 5. The van der Waals surface area contributed by atoms with Crippen LogP contribution in [0.2, 0.25) is 10.2 Å². The summed E-state index contributed by atoms with van der Waals surface area (Å²) in [7, 11) is 0. The number of imidazole rings is 1. The van der Waals surface area contributed by atoms with Gasteiger partial charge in [-0.05, 0) is 24.3 Å². The monoisotopic (exact) mass is 404 g/mol. The molecule has 1 amide bonds. The largest absolute Gasteiger partial charge is 0.453 e. The van der Waals surface area contributed by atoms with E-state index in [4.69, 9.17) is 33.2 Å². The first-order chi connectivity index (χ1) is 13.0. The van der Waals surface area contributed by atoms with Crippen LogP contribution in [0.3, 0.4) is 0 Å². The molecule has 0 unspecified atom stereocenters. The van der Waals surface area contributed by atoms with Gasteiger partial charge in [-0.25, -0.2) is 9.37 Å². The summed E-state index contributed by atoms with van der Waals surface area (Å²) in [5.41, 5.74) is 0.532. The topological polar surface area (TPSA) is 90.8 Å². The molecule has 9 heteroatoms. The molecule has 3 aromatic rings. The van der Waals surface area contributed by atoms with Gasteiger partial charge in [-0.3, -0.25) is 4.79 Å². The van der Waals surface area contributed by atoms with Crippen LogP contribution in [0.4, 0.5) is 4.39 Å². The number of halogens is 3. The lowest BCUT2D eigenvalue weighted by Gasteiger charge is -2.12. The molecule has 1 aromatic heterocycles.